The molecule has 0 N–H and O–H groups in total. The third-order valence-electron chi connectivity index (χ3n) is 4.91. The van der Waals surface area contributed by atoms with Crippen LogP contribution >= 0.6 is 0 Å². The number of halogens is 3. The number of nitrogens with zero attached hydrogens (tertiary/aromatic N) is 1. The molecule has 1 unspecified atom stereocenters. The summed E-state index contributed by atoms with van der Waals surface area (Å²) in [5.74, 6) is 0. The highest BCUT2D eigenvalue weighted by Gasteiger charge is 2.54. The zero-order valence-electron chi connectivity index (χ0n) is 17.6. The van der Waals surface area contributed by atoms with Crippen LogP contribution in [0.1, 0.15) is 90.3 Å². The van der Waals surface area contributed by atoms with Crippen LogP contribution in [0.4, 0.5) is 13.2 Å². The molecule has 0 saturated heterocycles. The summed E-state index contributed by atoms with van der Waals surface area (Å²) in [5.41, 5.74) is -1.29. The molecule has 1 aromatic heterocycles. The topological polar surface area (TPSA) is 22.1 Å². The molecule has 0 fully saturated rings. The molecule has 0 saturated carbocycles. The number of hydrogen-bond acceptors (Lipinski definition) is 2. The maximum atomic E-state index is 13.6. The van der Waals surface area contributed by atoms with Gasteiger partial charge in [0.15, 0.2) is 0 Å². The summed E-state index contributed by atoms with van der Waals surface area (Å²) < 4.78 is 46.1. The second-order valence-corrected chi connectivity index (χ2v) is 8.88. The molecule has 0 aliphatic heterocycles. The quantitative estimate of drug-likeness (QED) is 0.370. The van der Waals surface area contributed by atoms with Crippen molar-refractivity contribution in [3.05, 3.63) is 29.6 Å². The van der Waals surface area contributed by atoms with Crippen molar-refractivity contribution in [3.63, 3.8) is 0 Å². The van der Waals surface area contributed by atoms with E-state index >= 15 is 0 Å². The van der Waals surface area contributed by atoms with Crippen LogP contribution in [-0.2, 0) is 10.3 Å². The van der Waals surface area contributed by atoms with E-state index < -0.39 is 11.8 Å². The van der Waals surface area contributed by atoms with Crippen LogP contribution in [0.5, 0.6) is 0 Å². The number of alkyl halides is 3. The molecule has 0 amide bonds. The smallest absolute Gasteiger partial charge is 0.360 e. The molecule has 0 aromatic carbocycles. The van der Waals surface area contributed by atoms with Gasteiger partial charge in [0, 0.05) is 12.8 Å². The van der Waals surface area contributed by atoms with Gasteiger partial charge in [0.05, 0.1) is 5.69 Å². The van der Waals surface area contributed by atoms with Gasteiger partial charge in [-0.05, 0) is 49.8 Å². The summed E-state index contributed by atoms with van der Waals surface area (Å²) in [6, 6.07) is 3.13. The molecular formula is C22H36F3NO. The summed E-state index contributed by atoms with van der Waals surface area (Å²) in [4.78, 5) is 3.91. The average molecular weight is 388 g/mol. The lowest BCUT2D eigenvalue weighted by Gasteiger charge is -2.31. The minimum atomic E-state index is -4.50. The minimum Gasteiger partial charge on any atom is -0.360 e. The van der Waals surface area contributed by atoms with Crippen molar-refractivity contribution in [2.75, 3.05) is 6.61 Å². The van der Waals surface area contributed by atoms with Crippen molar-refractivity contribution in [2.24, 2.45) is 5.41 Å². The molecule has 1 aromatic rings. The van der Waals surface area contributed by atoms with Crippen LogP contribution in [0, 0.1) is 12.3 Å². The Morgan fingerprint density at radius 1 is 0.889 bits per heavy atom. The molecule has 0 radical (unpaired) electrons. The van der Waals surface area contributed by atoms with E-state index in [1.165, 1.54) is 37.9 Å². The fourth-order valence-corrected chi connectivity index (χ4v) is 3.02. The SMILES string of the molecule is Cc1ccnc(C(C)(OCCCCCCCCCC(C)(C)C)C(F)(F)F)c1. The van der Waals surface area contributed by atoms with Gasteiger partial charge in [-0.3, -0.25) is 4.98 Å². The molecule has 1 atom stereocenters. The highest BCUT2D eigenvalue weighted by molar-refractivity contribution is 5.21. The van der Waals surface area contributed by atoms with E-state index in [1.54, 1.807) is 13.0 Å². The summed E-state index contributed by atoms with van der Waals surface area (Å²) in [6.45, 7) is 9.69. The van der Waals surface area contributed by atoms with Crippen molar-refractivity contribution in [2.45, 2.75) is 97.8 Å². The molecule has 1 rings (SSSR count). The summed E-state index contributed by atoms with van der Waals surface area (Å²) in [7, 11) is 0. The first-order valence-corrected chi connectivity index (χ1v) is 10.1. The Balaban J connectivity index is 2.32. The van der Waals surface area contributed by atoms with E-state index in [0.717, 1.165) is 31.7 Å². The molecule has 0 bridgehead atoms. The van der Waals surface area contributed by atoms with Gasteiger partial charge < -0.3 is 4.74 Å². The van der Waals surface area contributed by atoms with E-state index in [9.17, 15) is 13.2 Å². The van der Waals surface area contributed by atoms with E-state index in [0.29, 0.717) is 11.8 Å². The van der Waals surface area contributed by atoms with Gasteiger partial charge in [0.25, 0.3) is 0 Å². The molecule has 0 spiro atoms. The highest BCUT2D eigenvalue weighted by Crippen LogP contribution is 2.41. The fraction of sp³-hybridized carbons (Fsp3) is 0.773. The van der Waals surface area contributed by atoms with Gasteiger partial charge in [-0.15, -0.1) is 0 Å². The third-order valence-corrected chi connectivity index (χ3v) is 4.91. The Kier molecular flexibility index (Phi) is 9.26. The zero-order valence-corrected chi connectivity index (χ0v) is 17.6. The van der Waals surface area contributed by atoms with Crippen molar-refractivity contribution in [3.8, 4) is 0 Å². The van der Waals surface area contributed by atoms with E-state index in [-0.39, 0.29) is 12.3 Å². The van der Waals surface area contributed by atoms with Crippen molar-refractivity contribution in [1.29, 1.82) is 0 Å². The Hall–Kier alpha value is -1.10. The van der Waals surface area contributed by atoms with E-state index in [2.05, 4.69) is 25.8 Å². The Morgan fingerprint density at radius 3 is 1.96 bits per heavy atom. The first-order chi connectivity index (χ1) is 12.5. The number of unbranched alkanes of at least 4 members (excludes halogenated alkanes) is 6. The van der Waals surface area contributed by atoms with Crippen LogP contribution < -0.4 is 0 Å². The number of aryl methyl sites for hydroxylation is 1. The van der Waals surface area contributed by atoms with Gasteiger partial charge in [-0.1, -0.05) is 59.3 Å². The first kappa shape index (κ1) is 23.9. The van der Waals surface area contributed by atoms with Crippen molar-refractivity contribution in [1.82, 2.24) is 4.98 Å². The van der Waals surface area contributed by atoms with E-state index in [4.69, 9.17) is 4.74 Å². The van der Waals surface area contributed by atoms with Gasteiger partial charge >= 0.3 is 6.18 Å². The van der Waals surface area contributed by atoms with Gasteiger partial charge in [0.2, 0.25) is 5.60 Å². The van der Waals surface area contributed by atoms with Gasteiger partial charge in [-0.2, -0.15) is 13.2 Å². The molecule has 0 aliphatic rings. The normalized spacial score (nSPS) is 15.0. The van der Waals surface area contributed by atoms with Gasteiger partial charge in [0.1, 0.15) is 0 Å². The van der Waals surface area contributed by atoms with Crippen molar-refractivity contribution < 1.29 is 17.9 Å². The number of ether oxygens (including phenoxy) is 1. The van der Waals surface area contributed by atoms with Gasteiger partial charge in [-0.25, -0.2) is 0 Å². The third kappa shape index (κ3) is 8.63. The number of hydrogen-bond donors (Lipinski definition) is 0. The minimum absolute atomic E-state index is 0.0751. The molecule has 27 heavy (non-hydrogen) atoms. The first-order valence-electron chi connectivity index (χ1n) is 10.1. The maximum Gasteiger partial charge on any atom is 0.422 e. The zero-order chi connectivity index (χ0) is 20.6. The Morgan fingerprint density at radius 2 is 1.44 bits per heavy atom. The summed E-state index contributed by atoms with van der Waals surface area (Å²) in [6.07, 6.45) is 5.55. The predicted octanol–water partition coefficient (Wildman–Crippen LogP) is 7.35. The number of pyridine rings is 1. The fourth-order valence-electron chi connectivity index (χ4n) is 3.02. The lowest BCUT2D eigenvalue weighted by atomic mass is 9.89. The van der Waals surface area contributed by atoms with Crippen LogP contribution in [-0.4, -0.2) is 17.8 Å². The second kappa shape index (κ2) is 10.4. The van der Waals surface area contributed by atoms with Crippen LogP contribution in [0.25, 0.3) is 0 Å². The van der Waals surface area contributed by atoms with Crippen molar-refractivity contribution >= 4 is 0 Å². The van der Waals surface area contributed by atoms with Crippen LogP contribution in [0.3, 0.4) is 0 Å². The number of aromatic nitrogens is 1. The second-order valence-electron chi connectivity index (χ2n) is 8.88. The molecular weight excluding hydrogens is 351 g/mol. The lowest BCUT2D eigenvalue weighted by molar-refractivity contribution is -0.279. The molecule has 2 nitrogen and oxygen atoms in total. The monoisotopic (exact) mass is 387 g/mol. The summed E-state index contributed by atoms with van der Waals surface area (Å²) in [5, 5.41) is 0. The number of rotatable bonds is 11. The molecule has 156 valence electrons. The van der Waals surface area contributed by atoms with Crippen LogP contribution in [0.15, 0.2) is 18.3 Å². The molecule has 1 heterocycles. The Bertz CT molecular complexity index is 551. The lowest BCUT2D eigenvalue weighted by Crippen LogP contribution is -2.43. The molecule has 5 heteroatoms. The van der Waals surface area contributed by atoms with Crippen LogP contribution in [0.2, 0.25) is 0 Å². The largest absolute Gasteiger partial charge is 0.422 e. The molecule has 0 aliphatic carbocycles. The average Bonchev–Trinajstić information content (AvgIpc) is 2.54. The van der Waals surface area contributed by atoms with E-state index in [1.807, 2.05) is 0 Å². The maximum absolute atomic E-state index is 13.6. The summed E-state index contributed by atoms with van der Waals surface area (Å²) >= 11 is 0. The predicted molar refractivity (Wildman–Crippen MR) is 105 cm³/mol. The highest BCUT2D eigenvalue weighted by atomic mass is 19.4. The Labute approximate surface area is 162 Å². The standard InChI is InChI=1S/C22H36F3NO/c1-18-13-15-26-19(17-18)21(5,22(23,24)25)27-16-12-10-8-6-7-9-11-14-20(2,3)4/h13,15,17H,6-12,14,16H2,1-5H3.